The van der Waals surface area contributed by atoms with Gasteiger partial charge < -0.3 is 10.8 Å². The SMILES string of the molecule is C=C(CCN(CCO)Cc1cccc(-c2ccc(C(=O)NO)s2)c1)c1ccccc1N. The van der Waals surface area contributed by atoms with E-state index in [0.717, 1.165) is 45.8 Å². The lowest BCUT2D eigenvalue weighted by Crippen LogP contribution is -2.27. The predicted molar refractivity (Wildman–Crippen MR) is 126 cm³/mol. The fourth-order valence-corrected chi connectivity index (χ4v) is 4.30. The second-order valence-electron chi connectivity index (χ2n) is 7.25. The number of hydrogen-bond acceptors (Lipinski definition) is 6. The van der Waals surface area contributed by atoms with Gasteiger partial charge in [-0.25, -0.2) is 5.48 Å². The Morgan fingerprint density at radius 1 is 1.10 bits per heavy atom. The number of hydrogen-bond donors (Lipinski definition) is 4. The van der Waals surface area contributed by atoms with Crippen molar-refractivity contribution >= 4 is 28.5 Å². The number of anilines is 1. The molecule has 7 heteroatoms. The molecule has 0 bridgehead atoms. The van der Waals surface area contributed by atoms with Gasteiger partial charge in [0.1, 0.15) is 0 Å². The number of carbonyl (C=O) groups excluding carboxylic acids is 1. The largest absolute Gasteiger partial charge is 0.398 e. The third kappa shape index (κ3) is 6.02. The van der Waals surface area contributed by atoms with Crippen LogP contribution < -0.4 is 11.2 Å². The number of hydroxylamine groups is 1. The number of aliphatic hydroxyl groups excluding tert-OH is 1. The van der Waals surface area contributed by atoms with Crippen LogP contribution in [0.3, 0.4) is 0 Å². The van der Waals surface area contributed by atoms with E-state index in [1.54, 1.807) is 11.5 Å². The Morgan fingerprint density at radius 2 is 1.90 bits per heavy atom. The highest BCUT2D eigenvalue weighted by Gasteiger charge is 2.12. The molecule has 0 aliphatic carbocycles. The fraction of sp³-hybridized carbons (Fsp3) is 0.208. The fourth-order valence-electron chi connectivity index (χ4n) is 3.41. The second-order valence-corrected chi connectivity index (χ2v) is 8.33. The van der Waals surface area contributed by atoms with Gasteiger partial charge in [-0.15, -0.1) is 11.3 Å². The number of nitrogens with two attached hydrogens (primary N) is 1. The Labute approximate surface area is 186 Å². The first-order valence-corrected chi connectivity index (χ1v) is 10.8. The lowest BCUT2D eigenvalue weighted by Gasteiger charge is -2.22. The summed E-state index contributed by atoms with van der Waals surface area (Å²) in [6.45, 7) is 6.24. The molecular formula is C24H27N3O3S. The molecular weight excluding hydrogens is 410 g/mol. The highest BCUT2D eigenvalue weighted by Crippen LogP contribution is 2.29. The first-order chi connectivity index (χ1) is 15.0. The van der Waals surface area contributed by atoms with Crippen LogP contribution in [0.25, 0.3) is 16.0 Å². The van der Waals surface area contributed by atoms with Crippen molar-refractivity contribution in [3.8, 4) is 10.4 Å². The maximum absolute atomic E-state index is 11.6. The maximum Gasteiger partial charge on any atom is 0.284 e. The molecule has 0 atom stereocenters. The van der Waals surface area contributed by atoms with Crippen LogP contribution in [0, 0.1) is 0 Å². The molecule has 3 rings (SSSR count). The smallest absolute Gasteiger partial charge is 0.284 e. The zero-order valence-electron chi connectivity index (χ0n) is 17.3. The molecule has 5 N–H and O–H groups in total. The number of aliphatic hydroxyl groups is 1. The van der Waals surface area contributed by atoms with Crippen molar-refractivity contribution in [3.05, 3.63) is 83.2 Å². The van der Waals surface area contributed by atoms with E-state index in [4.69, 9.17) is 10.9 Å². The van der Waals surface area contributed by atoms with Crippen molar-refractivity contribution in [2.45, 2.75) is 13.0 Å². The third-order valence-electron chi connectivity index (χ3n) is 5.04. The molecule has 1 heterocycles. The Morgan fingerprint density at radius 3 is 2.65 bits per heavy atom. The van der Waals surface area contributed by atoms with E-state index in [-0.39, 0.29) is 6.61 Å². The first-order valence-electron chi connectivity index (χ1n) is 10.0. The molecule has 0 unspecified atom stereocenters. The van der Waals surface area contributed by atoms with Gasteiger partial charge in [0.2, 0.25) is 0 Å². The van der Waals surface area contributed by atoms with E-state index < -0.39 is 5.91 Å². The van der Waals surface area contributed by atoms with Gasteiger partial charge in [0.25, 0.3) is 5.91 Å². The highest BCUT2D eigenvalue weighted by molar-refractivity contribution is 7.17. The Kier molecular flexibility index (Phi) is 7.97. The number of para-hydroxylation sites is 1. The van der Waals surface area contributed by atoms with E-state index in [2.05, 4.69) is 17.5 Å². The molecule has 0 spiro atoms. The molecule has 3 aromatic rings. The van der Waals surface area contributed by atoms with Gasteiger partial charge in [-0.3, -0.25) is 14.9 Å². The summed E-state index contributed by atoms with van der Waals surface area (Å²) in [4.78, 5) is 15.2. The molecule has 31 heavy (non-hydrogen) atoms. The Hall–Kier alpha value is -2.97. The maximum atomic E-state index is 11.6. The van der Waals surface area contributed by atoms with Crippen molar-refractivity contribution in [2.24, 2.45) is 0 Å². The molecule has 0 saturated carbocycles. The van der Waals surface area contributed by atoms with Gasteiger partial charge >= 0.3 is 0 Å². The number of amides is 1. The second kappa shape index (κ2) is 10.9. The molecule has 0 saturated heterocycles. The number of carbonyl (C=O) groups is 1. The number of benzene rings is 2. The summed E-state index contributed by atoms with van der Waals surface area (Å²) >= 11 is 1.32. The summed E-state index contributed by atoms with van der Waals surface area (Å²) in [5, 5.41) is 18.3. The van der Waals surface area contributed by atoms with E-state index in [1.165, 1.54) is 11.3 Å². The van der Waals surface area contributed by atoms with Crippen molar-refractivity contribution in [1.82, 2.24) is 10.4 Å². The van der Waals surface area contributed by atoms with E-state index in [0.29, 0.717) is 18.0 Å². The minimum Gasteiger partial charge on any atom is -0.398 e. The number of nitrogens with one attached hydrogen (secondary N) is 1. The molecule has 0 fully saturated rings. The van der Waals surface area contributed by atoms with Crippen LogP contribution in [0.4, 0.5) is 5.69 Å². The standard InChI is InChI=1S/C24H27N3O3S/c1-17(20-7-2-3-8-21(20)25)11-12-27(13-14-28)16-18-5-4-6-19(15-18)22-9-10-23(31-22)24(29)26-30/h2-10,15,28,30H,1,11-14,16,25H2,(H,26,29). The average molecular weight is 438 g/mol. The molecule has 0 aliphatic heterocycles. The molecule has 0 radical (unpaired) electrons. The average Bonchev–Trinajstić information content (AvgIpc) is 3.28. The van der Waals surface area contributed by atoms with Crippen molar-refractivity contribution in [2.75, 3.05) is 25.4 Å². The van der Waals surface area contributed by atoms with Crippen LogP contribution in [0.1, 0.15) is 27.2 Å². The third-order valence-corrected chi connectivity index (χ3v) is 6.17. The summed E-state index contributed by atoms with van der Waals surface area (Å²) in [5.74, 6) is -0.513. The van der Waals surface area contributed by atoms with E-state index >= 15 is 0 Å². The summed E-state index contributed by atoms with van der Waals surface area (Å²) in [7, 11) is 0. The summed E-state index contributed by atoms with van der Waals surface area (Å²) in [6.07, 6.45) is 0.748. The summed E-state index contributed by atoms with van der Waals surface area (Å²) in [6, 6.07) is 19.4. The normalized spacial score (nSPS) is 10.9. The topological polar surface area (TPSA) is 98.8 Å². The lowest BCUT2D eigenvalue weighted by molar-refractivity contribution is 0.0711. The van der Waals surface area contributed by atoms with Crippen LogP contribution >= 0.6 is 11.3 Å². The van der Waals surface area contributed by atoms with Crippen molar-refractivity contribution in [3.63, 3.8) is 0 Å². The van der Waals surface area contributed by atoms with Crippen LogP contribution in [0.5, 0.6) is 0 Å². The molecule has 2 aromatic carbocycles. The van der Waals surface area contributed by atoms with Gasteiger partial charge in [0.15, 0.2) is 0 Å². The Balaban J connectivity index is 1.68. The highest BCUT2D eigenvalue weighted by atomic mass is 32.1. The minimum absolute atomic E-state index is 0.0736. The summed E-state index contributed by atoms with van der Waals surface area (Å²) < 4.78 is 0. The summed E-state index contributed by atoms with van der Waals surface area (Å²) in [5.41, 5.74) is 12.5. The minimum atomic E-state index is -0.513. The number of nitrogens with zero attached hydrogens (tertiary/aromatic N) is 1. The van der Waals surface area contributed by atoms with Crippen LogP contribution in [0.2, 0.25) is 0 Å². The zero-order chi connectivity index (χ0) is 22.2. The molecule has 6 nitrogen and oxygen atoms in total. The molecule has 0 aliphatic rings. The zero-order valence-corrected chi connectivity index (χ0v) is 18.1. The number of thiophene rings is 1. The first kappa shape index (κ1) is 22.7. The van der Waals surface area contributed by atoms with Gasteiger partial charge in [-0.1, -0.05) is 43.0 Å². The van der Waals surface area contributed by atoms with Crippen LogP contribution in [-0.4, -0.2) is 40.8 Å². The Bertz CT molecular complexity index is 1050. The predicted octanol–water partition coefficient (Wildman–Crippen LogP) is 4.01. The number of nitrogen functional groups attached to an aromatic ring is 1. The van der Waals surface area contributed by atoms with Gasteiger partial charge in [-0.2, -0.15) is 0 Å². The van der Waals surface area contributed by atoms with Crippen LogP contribution in [-0.2, 0) is 6.54 Å². The van der Waals surface area contributed by atoms with Crippen molar-refractivity contribution < 1.29 is 15.1 Å². The molecule has 1 aromatic heterocycles. The monoisotopic (exact) mass is 437 g/mol. The van der Waals surface area contributed by atoms with Gasteiger partial charge in [0, 0.05) is 35.8 Å². The lowest BCUT2D eigenvalue weighted by atomic mass is 10.0. The van der Waals surface area contributed by atoms with Crippen molar-refractivity contribution in [1.29, 1.82) is 0 Å². The molecule has 162 valence electrons. The van der Waals surface area contributed by atoms with Crippen LogP contribution in [0.15, 0.2) is 67.2 Å². The van der Waals surface area contributed by atoms with Gasteiger partial charge in [0.05, 0.1) is 11.5 Å². The van der Waals surface area contributed by atoms with E-state index in [9.17, 15) is 9.90 Å². The quantitative estimate of drug-likeness (QED) is 0.218. The molecule has 1 amide bonds. The van der Waals surface area contributed by atoms with E-state index in [1.807, 2.05) is 48.5 Å². The number of rotatable bonds is 10. The van der Waals surface area contributed by atoms with Gasteiger partial charge in [-0.05, 0) is 47.4 Å².